The first-order chi connectivity index (χ1) is 43.0. The first kappa shape index (κ1) is 85.4. The van der Waals surface area contributed by atoms with Gasteiger partial charge in [-0.3, -0.25) is 9.36 Å². The second-order valence-electron chi connectivity index (χ2n) is 26.6. The zero-order valence-electron chi connectivity index (χ0n) is 58.7. The van der Waals surface area contributed by atoms with E-state index in [2.05, 4.69) is 104 Å². The number of rotatable bonds is 69. The number of carbonyl (C=O) groups is 1. The Labute approximate surface area is 547 Å². The molecule has 0 saturated heterocycles. The van der Waals surface area contributed by atoms with Gasteiger partial charge in [0.05, 0.1) is 39.9 Å². The summed E-state index contributed by atoms with van der Waals surface area (Å²) in [5.41, 5.74) is 0. The maximum Gasteiger partial charge on any atom is 0.268 e. The fourth-order valence-corrected chi connectivity index (χ4v) is 11.7. The number of nitrogens with zero attached hydrogens (tertiary/aromatic N) is 1. The summed E-state index contributed by atoms with van der Waals surface area (Å²) in [4.78, 5) is 25.7. The van der Waals surface area contributed by atoms with Crippen molar-refractivity contribution in [2.75, 3.05) is 40.9 Å². The normalized spacial score (nSPS) is 14.1. The minimum absolute atomic E-state index is 0.00793. The van der Waals surface area contributed by atoms with Gasteiger partial charge in [0.25, 0.3) is 7.82 Å². The van der Waals surface area contributed by atoms with Gasteiger partial charge in [0, 0.05) is 6.42 Å². The van der Waals surface area contributed by atoms with Crippen LogP contribution in [0, 0.1) is 0 Å². The van der Waals surface area contributed by atoms with Crippen molar-refractivity contribution in [1.29, 1.82) is 0 Å². The van der Waals surface area contributed by atoms with Crippen LogP contribution in [0.1, 0.15) is 348 Å². The number of phosphoric ester groups is 1. The molecular formula is C79H145N2O6P. The van der Waals surface area contributed by atoms with Crippen molar-refractivity contribution in [3.63, 3.8) is 0 Å². The van der Waals surface area contributed by atoms with Crippen molar-refractivity contribution < 1.29 is 32.9 Å². The van der Waals surface area contributed by atoms with Gasteiger partial charge < -0.3 is 28.8 Å². The largest absolute Gasteiger partial charge is 0.756 e. The van der Waals surface area contributed by atoms with E-state index >= 15 is 0 Å². The molecule has 88 heavy (non-hydrogen) atoms. The molecule has 0 aromatic rings. The summed E-state index contributed by atoms with van der Waals surface area (Å²) >= 11 is 0. The molecule has 0 aliphatic rings. The van der Waals surface area contributed by atoms with Gasteiger partial charge in [-0.25, -0.2) is 0 Å². The predicted octanol–water partition coefficient (Wildman–Crippen LogP) is 23.8. The highest BCUT2D eigenvalue weighted by Crippen LogP contribution is 2.38. The van der Waals surface area contributed by atoms with Crippen molar-refractivity contribution >= 4 is 13.7 Å². The topological polar surface area (TPSA) is 108 Å². The number of aliphatic hydroxyl groups is 1. The Morgan fingerprint density at radius 3 is 1.06 bits per heavy atom. The fourth-order valence-electron chi connectivity index (χ4n) is 11.0. The van der Waals surface area contributed by atoms with Gasteiger partial charge in [0.15, 0.2) is 0 Å². The third-order valence-electron chi connectivity index (χ3n) is 16.8. The molecule has 9 heteroatoms. The Bertz CT molecular complexity index is 1760. The van der Waals surface area contributed by atoms with Crippen molar-refractivity contribution in [3.8, 4) is 0 Å². The van der Waals surface area contributed by atoms with E-state index in [1.807, 2.05) is 27.2 Å². The Hall–Kier alpha value is -2.58. The van der Waals surface area contributed by atoms with E-state index in [-0.39, 0.29) is 12.5 Å². The molecule has 3 atom stereocenters. The number of allylic oxidation sites excluding steroid dienone is 15. The Balaban J connectivity index is 4.05. The first-order valence-corrected chi connectivity index (χ1v) is 39.1. The van der Waals surface area contributed by atoms with Crippen LogP contribution < -0.4 is 10.2 Å². The number of phosphoric acid groups is 1. The summed E-state index contributed by atoms with van der Waals surface area (Å²) in [5, 5.41) is 14.0. The lowest BCUT2D eigenvalue weighted by Gasteiger charge is -2.29. The van der Waals surface area contributed by atoms with Gasteiger partial charge in [0.2, 0.25) is 5.91 Å². The highest BCUT2D eigenvalue weighted by molar-refractivity contribution is 7.45. The first-order valence-electron chi connectivity index (χ1n) is 37.6. The summed E-state index contributed by atoms with van der Waals surface area (Å²) in [6.45, 7) is 4.55. The van der Waals surface area contributed by atoms with Crippen LogP contribution >= 0.6 is 7.82 Å². The zero-order valence-corrected chi connectivity index (χ0v) is 59.6. The summed E-state index contributed by atoms with van der Waals surface area (Å²) in [6.07, 6.45) is 99.8. The molecule has 0 spiro atoms. The quantitative estimate of drug-likeness (QED) is 0.0272. The standard InChI is InChI=1S/C79H145N2O6P/c1-6-8-10-12-14-16-18-20-22-24-26-28-30-32-34-36-37-38-39-40-41-42-43-45-47-49-51-53-55-57-59-61-63-65-67-69-71-73-79(83)80-77(76-87-88(84,85)86-75-74-81(3,4)5)78(82)72-70-68-66-64-62-60-58-56-54-52-50-48-46-44-35-33-31-29-27-25-23-21-19-17-15-13-11-9-7-2/h8,10,14,16,20,22,26,28,32,34,37-38,62,64,70,72,77-78,82H,6-7,9,11-13,15,17-19,21,23-25,27,29-31,33,35-36,39-61,63,65-69,71,73-76H2,1-5H3,(H-,80,83,84,85)/b10-8-,16-14-,22-20-,28-26-,34-32-,38-37-,64-62+,72-70+. The number of nitrogens with one attached hydrogen (secondary N) is 1. The lowest BCUT2D eigenvalue weighted by Crippen LogP contribution is -2.45. The highest BCUT2D eigenvalue weighted by Gasteiger charge is 2.23. The van der Waals surface area contributed by atoms with Crippen LogP contribution in [0.15, 0.2) is 97.2 Å². The molecule has 8 nitrogen and oxygen atoms in total. The van der Waals surface area contributed by atoms with Gasteiger partial charge >= 0.3 is 0 Å². The van der Waals surface area contributed by atoms with Crippen molar-refractivity contribution in [3.05, 3.63) is 97.2 Å². The number of carbonyl (C=O) groups excluding carboxylic acids is 1. The molecule has 0 fully saturated rings. The third-order valence-corrected chi connectivity index (χ3v) is 17.7. The summed E-state index contributed by atoms with van der Waals surface area (Å²) in [7, 11) is 1.25. The van der Waals surface area contributed by atoms with Gasteiger partial charge in [-0.15, -0.1) is 0 Å². The molecule has 1 amide bonds. The molecule has 0 aliphatic heterocycles. The van der Waals surface area contributed by atoms with Crippen LogP contribution in [-0.2, 0) is 18.4 Å². The number of hydrogen-bond acceptors (Lipinski definition) is 6. The summed E-state index contributed by atoms with van der Waals surface area (Å²) < 4.78 is 23.5. The predicted molar refractivity (Wildman–Crippen MR) is 385 cm³/mol. The van der Waals surface area contributed by atoms with Crippen LogP contribution in [0.5, 0.6) is 0 Å². The fraction of sp³-hybridized carbons (Fsp3) is 0.785. The molecule has 0 aromatic heterocycles. The van der Waals surface area contributed by atoms with E-state index in [1.165, 1.54) is 250 Å². The smallest absolute Gasteiger partial charge is 0.268 e. The Morgan fingerprint density at radius 1 is 0.409 bits per heavy atom. The number of hydrogen-bond donors (Lipinski definition) is 2. The summed E-state index contributed by atoms with van der Waals surface area (Å²) in [5.74, 6) is -0.204. The maximum atomic E-state index is 13.1. The number of amides is 1. The van der Waals surface area contributed by atoms with E-state index in [4.69, 9.17) is 9.05 Å². The lowest BCUT2D eigenvalue weighted by atomic mass is 10.0. The second-order valence-corrected chi connectivity index (χ2v) is 28.0. The van der Waals surface area contributed by atoms with Crippen LogP contribution in [-0.4, -0.2) is 68.5 Å². The molecule has 0 bridgehead atoms. The zero-order chi connectivity index (χ0) is 64.1. The molecular weight excluding hydrogens is 1100 g/mol. The van der Waals surface area contributed by atoms with E-state index in [0.29, 0.717) is 17.4 Å². The summed E-state index contributed by atoms with van der Waals surface area (Å²) in [6, 6.07) is -0.909. The van der Waals surface area contributed by atoms with Gasteiger partial charge in [-0.2, -0.15) is 0 Å². The maximum absolute atomic E-state index is 13.1. The minimum atomic E-state index is -4.62. The minimum Gasteiger partial charge on any atom is -0.756 e. The molecule has 512 valence electrons. The second kappa shape index (κ2) is 68.8. The van der Waals surface area contributed by atoms with E-state index < -0.39 is 26.6 Å². The molecule has 0 radical (unpaired) electrons. The Morgan fingerprint density at radius 2 is 0.705 bits per heavy atom. The molecule has 0 aromatic carbocycles. The molecule has 0 rings (SSSR count). The molecule has 2 N–H and O–H groups in total. The van der Waals surface area contributed by atoms with Gasteiger partial charge in [-0.1, -0.05) is 355 Å². The number of aliphatic hydroxyl groups excluding tert-OH is 1. The molecule has 0 heterocycles. The van der Waals surface area contributed by atoms with E-state index in [0.717, 1.165) is 77.0 Å². The van der Waals surface area contributed by atoms with Crippen LogP contribution in [0.25, 0.3) is 0 Å². The average molecular weight is 1250 g/mol. The monoisotopic (exact) mass is 1250 g/mol. The number of quaternary nitrogens is 1. The number of unbranched alkanes of at least 4 members (excludes halogenated alkanes) is 42. The average Bonchev–Trinajstić information content (AvgIpc) is 3.70. The number of likely N-dealkylation sites (N-methyl/N-ethyl adjacent to an activating group) is 1. The Kier molecular flexibility index (Phi) is 66.8. The van der Waals surface area contributed by atoms with Crippen molar-refractivity contribution in [1.82, 2.24) is 5.32 Å². The van der Waals surface area contributed by atoms with Crippen LogP contribution in [0.3, 0.4) is 0 Å². The third kappa shape index (κ3) is 70.9. The van der Waals surface area contributed by atoms with E-state index in [1.54, 1.807) is 6.08 Å². The SMILES string of the molecule is CC/C=C\C/C=C\C/C=C\C/C=C\C/C=C\C/C=C\CCCCCCCCCCCCCCCCCCCCC(=O)NC(COP(=O)([O-])OCC[N+](C)(C)C)C(O)/C=C/CC/C=C/CCCCCCCCCCCCCCCCCCCCCCCCC. The van der Waals surface area contributed by atoms with Crippen molar-refractivity contribution in [2.24, 2.45) is 0 Å². The van der Waals surface area contributed by atoms with Gasteiger partial charge in [-0.05, 0) is 83.5 Å². The van der Waals surface area contributed by atoms with Crippen molar-refractivity contribution in [2.45, 2.75) is 360 Å². The van der Waals surface area contributed by atoms with Crippen LogP contribution in [0.4, 0.5) is 0 Å². The van der Waals surface area contributed by atoms with Crippen LogP contribution in [0.2, 0.25) is 0 Å². The van der Waals surface area contributed by atoms with E-state index in [9.17, 15) is 19.4 Å². The molecule has 3 unspecified atom stereocenters. The van der Waals surface area contributed by atoms with Gasteiger partial charge in [0.1, 0.15) is 13.2 Å². The molecule has 0 aliphatic carbocycles. The molecule has 0 saturated carbocycles. The highest BCUT2D eigenvalue weighted by atomic mass is 31.2. The lowest BCUT2D eigenvalue weighted by molar-refractivity contribution is -0.870.